The van der Waals surface area contributed by atoms with Gasteiger partial charge in [-0.1, -0.05) is 18.7 Å². The van der Waals surface area contributed by atoms with Crippen molar-refractivity contribution in [2.45, 2.75) is 37.9 Å². The first-order valence-corrected chi connectivity index (χ1v) is 8.55. The van der Waals surface area contributed by atoms with Crippen LogP contribution in [-0.4, -0.2) is 32.1 Å². The second-order valence-electron chi connectivity index (χ2n) is 6.69. The Bertz CT molecular complexity index is 587. The largest absolute Gasteiger partial charge is 0.465 e. The van der Waals surface area contributed by atoms with E-state index in [4.69, 9.17) is 24.3 Å². The summed E-state index contributed by atoms with van der Waals surface area (Å²) in [6, 6.07) is 7.58. The highest BCUT2D eigenvalue weighted by molar-refractivity contribution is 5.89. The van der Waals surface area contributed by atoms with Crippen LogP contribution in [0, 0.1) is 5.92 Å². The first kappa shape index (κ1) is 18.1. The van der Waals surface area contributed by atoms with Crippen molar-refractivity contribution in [2.75, 3.05) is 20.3 Å². The van der Waals surface area contributed by atoms with Crippen LogP contribution in [-0.2, 0) is 30.7 Å². The zero-order valence-corrected chi connectivity index (χ0v) is 14.5. The molecule has 0 bridgehead atoms. The van der Waals surface area contributed by atoms with E-state index in [0.29, 0.717) is 37.5 Å². The summed E-state index contributed by atoms with van der Waals surface area (Å²) in [5.41, 5.74) is 2.55. The molecule has 6 heteroatoms. The number of benzene rings is 1. The number of hydrogen-bond donors (Lipinski definition) is 0. The summed E-state index contributed by atoms with van der Waals surface area (Å²) in [5, 5.41) is 0. The molecule has 0 unspecified atom stereocenters. The van der Waals surface area contributed by atoms with E-state index in [2.05, 4.69) is 6.58 Å². The molecule has 1 spiro atoms. The zero-order chi connectivity index (χ0) is 17.7. The van der Waals surface area contributed by atoms with Crippen LogP contribution in [0.1, 0.15) is 41.6 Å². The molecule has 0 atom stereocenters. The lowest BCUT2D eigenvalue weighted by Gasteiger charge is -2.38. The first-order chi connectivity index (χ1) is 12.1. The minimum Gasteiger partial charge on any atom is -0.465 e. The van der Waals surface area contributed by atoms with Gasteiger partial charge in [0.2, 0.25) is 5.79 Å². The quantitative estimate of drug-likeness (QED) is 0.474. The van der Waals surface area contributed by atoms with Gasteiger partial charge >= 0.3 is 5.97 Å². The van der Waals surface area contributed by atoms with Gasteiger partial charge in [-0.15, -0.1) is 0 Å². The van der Waals surface area contributed by atoms with Gasteiger partial charge in [-0.3, -0.25) is 0 Å². The number of carbonyl (C=O) groups excluding carboxylic acids is 1. The van der Waals surface area contributed by atoms with Crippen molar-refractivity contribution in [3.63, 3.8) is 0 Å². The van der Waals surface area contributed by atoms with Crippen LogP contribution in [0.2, 0.25) is 0 Å². The Kier molecular flexibility index (Phi) is 5.86. The van der Waals surface area contributed by atoms with Crippen LogP contribution in [0.4, 0.5) is 0 Å². The number of methoxy groups -OCH3 is 1. The van der Waals surface area contributed by atoms with Gasteiger partial charge in [-0.25, -0.2) is 14.6 Å². The fourth-order valence-corrected chi connectivity index (χ4v) is 3.21. The Morgan fingerprint density at radius 2 is 1.76 bits per heavy atom. The summed E-state index contributed by atoms with van der Waals surface area (Å²) in [6.45, 7) is 4.43. The molecule has 1 aromatic carbocycles. The van der Waals surface area contributed by atoms with Gasteiger partial charge in [-0.05, 0) is 48.4 Å². The molecule has 1 aliphatic heterocycles. The number of esters is 1. The molecule has 136 valence electrons. The molecule has 1 saturated heterocycles. The van der Waals surface area contributed by atoms with Crippen molar-refractivity contribution in [3.05, 3.63) is 47.5 Å². The molecule has 3 rings (SSSR count). The smallest absolute Gasteiger partial charge is 0.337 e. The highest BCUT2D eigenvalue weighted by atomic mass is 17.3. The monoisotopic (exact) mass is 348 g/mol. The molecule has 0 amide bonds. The summed E-state index contributed by atoms with van der Waals surface area (Å²) in [7, 11) is 1.39. The van der Waals surface area contributed by atoms with Crippen LogP contribution in [0.25, 0.3) is 0 Å². The lowest BCUT2D eigenvalue weighted by molar-refractivity contribution is -0.522. The van der Waals surface area contributed by atoms with Gasteiger partial charge in [0.25, 0.3) is 0 Å². The maximum Gasteiger partial charge on any atom is 0.337 e. The highest BCUT2D eigenvalue weighted by Crippen LogP contribution is 2.38. The number of carbonyl (C=O) groups is 1. The lowest BCUT2D eigenvalue weighted by atomic mass is 9.81. The fourth-order valence-electron chi connectivity index (χ4n) is 3.21. The maximum atomic E-state index is 11.5. The predicted molar refractivity (Wildman–Crippen MR) is 89.4 cm³/mol. The van der Waals surface area contributed by atoms with Crippen molar-refractivity contribution >= 4 is 5.97 Å². The third-order valence-corrected chi connectivity index (χ3v) is 4.71. The second kappa shape index (κ2) is 8.10. The number of hydrogen-bond acceptors (Lipinski definition) is 6. The van der Waals surface area contributed by atoms with Gasteiger partial charge in [0, 0.05) is 12.8 Å². The third kappa shape index (κ3) is 4.67. The predicted octanol–water partition coefficient (Wildman–Crippen LogP) is 3.37. The molecule has 2 aliphatic rings. The molecule has 2 fully saturated rings. The third-order valence-electron chi connectivity index (χ3n) is 4.71. The van der Waals surface area contributed by atoms with Gasteiger partial charge in [0.05, 0.1) is 12.7 Å². The van der Waals surface area contributed by atoms with E-state index in [0.717, 1.165) is 24.8 Å². The lowest BCUT2D eigenvalue weighted by Crippen LogP contribution is -2.42. The first-order valence-electron chi connectivity index (χ1n) is 8.55. The summed E-state index contributed by atoms with van der Waals surface area (Å²) in [6.07, 6.45) is 4.28. The van der Waals surface area contributed by atoms with Gasteiger partial charge in [0.1, 0.15) is 13.2 Å². The molecular formula is C19H24O6. The molecule has 0 N–H and O–H groups in total. The Hall–Kier alpha value is -1.73. The van der Waals surface area contributed by atoms with E-state index in [1.807, 2.05) is 12.1 Å². The number of rotatable bonds is 3. The van der Waals surface area contributed by atoms with Crippen LogP contribution in [0.5, 0.6) is 0 Å². The molecule has 1 saturated carbocycles. The Morgan fingerprint density at radius 1 is 1.16 bits per heavy atom. The average molecular weight is 348 g/mol. The van der Waals surface area contributed by atoms with Crippen LogP contribution >= 0.6 is 0 Å². The topological polar surface area (TPSA) is 63.2 Å². The van der Waals surface area contributed by atoms with Crippen molar-refractivity contribution in [1.29, 1.82) is 0 Å². The van der Waals surface area contributed by atoms with E-state index in [9.17, 15) is 4.79 Å². The molecule has 1 aromatic rings. The molecule has 1 aliphatic carbocycles. The molecule has 6 nitrogen and oxygen atoms in total. The van der Waals surface area contributed by atoms with Crippen molar-refractivity contribution in [1.82, 2.24) is 0 Å². The van der Waals surface area contributed by atoms with Crippen molar-refractivity contribution in [3.8, 4) is 0 Å². The van der Waals surface area contributed by atoms with Crippen LogP contribution in [0.3, 0.4) is 0 Å². The minimum atomic E-state index is -0.814. The Morgan fingerprint density at radius 3 is 2.32 bits per heavy atom. The standard InChI is InChI=1S/C19H24O6/c1-14-12-22-24-19(25-23-13-14)9-7-16(8-10-19)11-15-3-5-17(6-4-15)18(20)21-2/h3-6,16H,1,7-13H2,2H3. The Labute approximate surface area is 147 Å². The molecule has 0 aromatic heterocycles. The Balaban J connectivity index is 1.52. The number of ether oxygens (including phenoxy) is 1. The van der Waals surface area contributed by atoms with E-state index >= 15 is 0 Å². The average Bonchev–Trinajstić information content (AvgIpc) is 2.62. The van der Waals surface area contributed by atoms with Crippen molar-refractivity contribution < 1.29 is 29.1 Å². The summed E-state index contributed by atoms with van der Waals surface area (Å²) < 4.78 is 4.72. The van der Waals surface area contributed by atoms with E-state index in [1.165, 1.54) is 12.7 Å². The normalized spacial score (nSPS) is 21.6. The summed E-state index contributed by atoms with van der Waals surface area (Å²) in [5.74, 6) is -0.596. The molecule has 1 heterocycles. The van der Waals surface area contributed by atoms with Crippen molar-refractivity contribution in [2.24, 2.45) is 5.92 Å². The molecule has 25 heavy (non-hydrogen) atoms. The second-order valence-corrected chi connectivity index (χ2v) is 6.69. The van der Waals surface area contributed by atoms with Gasteiger partial charge < -0.3 is 4.74 Å². The van der Waals surface area contributed by atoms with E-state index in [1.54, 1.807) is 12.1 Å². The molecule has 0 radical (unpaired) electrons. The van der Waals surface area contributed by atoms with Gasteiger partial charge in [0.15, 0.2) is 0 Å². The van der Waals surface area contributed by atoms with Crippen LogP contribution in [0.15, 0.2) is 36.4 Å². The highest BCUT2D eigenvalue weighted by Gasteiger charge is 2.41. The fraction of sp³-hybridized carbons (Fsp3) is 0.526. The van der Waals surface area contributed by atoms with E-state index < -0.39 is 5.79 Å². The minimum absolute atomic E-state index is 0.313. The van der Waals surface area contributed by atoms with Gasteiger partial charge in [-0.2, -0.15) is 9.78 Å². The summed E-state index contributed by atoms with van der Waals surface area (Å²) in [4.78, 5) is 32.9. The van der Waals surface area contributed by atoms with E-state index in [-0.39, 0.29) is 5.97 Å². The summed E-state index contributed by atoms with van der Waals surface area (Å²) >= 11 is 0. The zero-order valence-electron chi connectivity index (χ0n) is 14.5. The maximum absolute atomic E-state index is 11.5. The SMILES string of the molecule is C=C1COOC2(CCC(Cc3ccc(C(=O)OC)cc3)CC2)OOC1. The van der Waals surface area contributed by atoms with Crippen LogP contribution < -0.4 is 0 Å². The molecular weight excluding hydrogens is 324 g/mol.